The minimum Gasteiger partial charge on any atom is -0.463 e. The first-order valence-corrected chi connectivity index (χ1v) is 5.04. The van der Waals surface area contributed by atoms with Crippen LogP contribution in [0.15, 0.2) is 10.5 Å². The average molecular weight is 266 g/mol. The molecule has 0 spiro atoms. The van der Waals surface area contributed by atoms with Crippen LogP contribution < -0.4 is 11.3 Å². The number of rotatable bonds is 4. The van der Waals surface area contributed by atoms with E-state index in [1.807, 2.05) is 5.43 Å². The van der Waals surface area contributed by atoms with Crippen LogP contribution >= 0.6 is 0 Å². The number of nitrogens with one attached hydrogen (secondary N) is 1. The van der Waals surface area contributed by atoms with Crippen LogP contribution in [0.4, 0.5) is 13.2 Å². The molecule has 18 heavy (non-hydrogen) atoms. The number of aryl methyl sites for hydroxylation is 1. The summed E-state index contributed by atoms with van der Waals surface area (Å²) in [6.07, 6.45) is -6.34. The van der Waals surface area contributed by atoms with Crippen LogP contribution in [-0.4, -0.2) is 18.2 Å². The molecule has 1 rings (SSSR count). The lowest BCUT2D eigenvalue weighted by atomic mass is 10.2. The number of halogens is 3. The molecule has 0 radical (unpaired) electrons. The molecule has 3 N–H and O–H groups in total. The number of amides is 1. The Morgan fingerprint density at radius 3 is 2.72 bits per heavy atom. The second-order valence-corrected chi connectivity index (χ2v) is 3.65. The normalized spacial score (nSPS) is 13.4. The van der Waals surface area contributed by atoms with Crippen LogP contribution in [0.5, 0.6) is 0 Å². The van der Waals surface area contributed by atoms with Crippen LogP contribution in [0.25, 0.3) is 0 Å². The van der Waals surface area contributed by atoms with Crippen molar-refractivity contribution in [3.63, 3.8) is 0 Å². The largest absolute Gasteiger partial charge is 0.463 e. The number of carbonyl (C=O) groups excluding carboxylic acids is 1. The monoisotopic (exact) mass is 266 g/mol. The second-order valence-electron chi connectivity index (χ2n) is 3.65. The number of nitrogens with two attached hydrogens (primary N) is 1. The predicted octanol–water partition coefficient (Wildman–Crippen LogP) is 1.66. The number of hydrazine groups is 1. The molecular formula is C10H13F3N2O3. The molecule has 5 nitrogen and oxygen atoms in total. The summed E-state index contributed by atoms with van der Waals surface area (Å²) < 4.78 is 46.2. The van der Waals surface area contributed by atoms with Gasteiger partial charge < -0.3 is 9.15 Å². The first-order chi connectivity index (χ1) is 8.25. The minimum absolute atomic E-state index is 0.127. The van der Waals surface area contributed by atoms with Crippen molar-refractivity contribution >= 4 is 5.91 Å². The quantitative estimate of drug-likeness (QED) is 0.493. The lowest BCUT2D eigenvalue weighted by Crippen LogP contribution is -2.30. The molecule has 8 heteroatoms. The van der Waals surface area contributed by atoms with E-state index in [2.05, 4.69) is 4.74 Å². The van der Waals surface area contributed by atoms with Gasteiger partial charge in [0.2, 0.25) is 0 Å². The van der Waals surface area contributed by atoms with Gasteiger partial charge in [-0.3, -0.25) is 10.2 Å². The van der Waals surface area contributed by atoms with Gasteiger partial charge in [0.15, 0.2) is 6.10 Å². The van der Waals surface area contributed by atoms with Crippen molar-refractivity contribution in [3.8, 4) is 0 Å². The Kier molecular flexibility index (Phi) is 4.36. The Morgan fingerprint density at radius 1 is 1.61 bits per heavy atom. The van der Waals surface area contributed by atoms with Gasteiger partial charge in [0.1, 0.15) is 18.1 Å². The number of hydrogen-bond donors (Lipinski definition) is 2. The molecule has 0 bridgehead atoms. The molecule has 1 unspecified atom stereocenters. The highest BCUT2D eigenvalue weighted by Gasteiger charge is 2.37. The standard InChI is InChI=1S/C10H13F3N2O3/c1-5-8(9(16)15-14)3-7(18-5)4-17-6(2)10(11,12)13/h3,6H,4,14H2,1-2H3,(H,15,16). The van der Waals surface area contributed by atoms with Crippen molar-refractivity contribution in [2.75, 3.05) is 0 Å². The van der Waals surface area contributed by atoms with E-state index < -0.39 is 18.2 Å². The van der Waals surface area contributed by atoms with Crippen LogP contribution in [0, 0.1) is 6.92 Å². The first kappa shape index (κ1) is 14.5. The smallest absolute Gasteiger partial charge is 0.414 e. The molecule has 0 saturated carbocycles. The maximum absolute atomic E-state index is 12.2. The number of nitrogen functional groups attached to an aromatic ring is 1. The maximum atomic E-state index is 12.2. The maximum Gasteiger partial charge on any atom is 0.414 e. The third-order valence-electron chi connectivity index (χ3n) is 2.28. The fraction of sp³-hybridized carbons (Fsp3) is 0.500. The number of hydrogen-bond acceptors (Lipinski definition) is 4. The van der Waals surface area contributed by atoms with Gasteiger partial charge in [0.05, 0.1) is 5.56 Å². The van der Waals surface area contributed by atoms with Gasteiger partial charge in [-0.2, -0.15) is 13.2 Å². The average Bonchev–Trinajstić information content (AvgIpc) is 2.65. The van der Waals surface area contributed by atoms with Crippen molar-refractivity contribution in [1.82, 2.24) is 5.43 Å². The molecule has 1 heterocycles. The molecule has 1 aromatic rings. The van der Waals surface area contributed by atoms with E-state index in [0.29, 0.717) is 0 Å². The van der Waals surface area contributed by atoms with Crippen molar-refractivity contribution in [1.29, 1.82) is 0 Å². The molecule has 0 fully saturated rings. The number of carbonyl (C=O) groups is 1. The number of alkyl halides is 3. The van der Waals surface area contributed by atoms with Gasteiger partial charge in [-0.25, -0.2) is 5.84 Å². The van der Waals surface area contributed by atoms with E-state index in [9.17, 15) is 18.0 Å². The van der Waals surface area contributed by atoms with Gasteiger partial charge >= 0.3 is 6.18 Å². The summed E-state index contributed by atoms with van der Waals surface area (Å²) in [5.41, 5.74) is 2.07. The Morgan fingerprint density at radius 2 is 2.22 bits per heavy atom. The van der Waals surface area contributed by atoms with Gasteiger partial charge in [0, 0.05) is 0 Å². The number of ether oxygens (including phenoxy) is 1. The fourth-order valence-corrected chi connectivity index (χ4v) is 1.22. The molecule has 0 aliphatic rings. The van der Waals surface area contributed by atoms with E-state index in [-0.39, 0.29) is 23.7 Å². The SMILES string of the molecule is Cc1oc(COC(C)C(F)(F)F)cc1C(=O)NN. The highest BCUT2D eigenvalue weighted by Crippen LogP contribution is 2.24. The summed E-state index contributed by atoms with van der Waals surface area (Å²) in [4.78, 5) is 11.2. The fourth-order valence-electron chi connectivity index (χ4n) is 1.22. The zero-order chi connectivity index (χ0) is 13.9. The van der Waals surface area contributed by atoms with E-state index in [1.54, 1.807) is 0 Å². The first-order valence-electron chi connectivity index (χ1n) is 5.04. The summed E-state index contributed by atoms with van der Waals surface area (Å²) in [6, 6.07) is 1.29. The lowest BCUT2D eigenvalue weighted by molar-refractivity contribution is -0.218. The van der Waals surface area contributed by atoms with Crippen molar-refractivity contribution < 1.29 is 27.1 Å². The van der Waals surface area contributed by atoms with Gasteiger partial charge in [-0.15, -0.1) is 0 Å². The van der Waals surface area contributed by atoms with Crippen LogP contribution in [0.2, 0.25) is 0 Å². The Labute approximate surface area is 101 Å². The Balaban J connectivity index is 2.67. The summed E-state index contributed by atoms with van der Waals surface area (Å²) >= 11 is 0. The van der Waals surface area contributed by atoms with Crippen LogP contribution in [0.1, 0.15) is 28.8 Å². The third-order valence-corrected chi connectivity index (χ3v) is 2.28. The Bertz CT molecular complexity index is 428. The summed E-state index contributed by atoms with van der Waals surface area (Å²) in [5.74, 6) is 4.75. The molecule has 0 aliphatic heterocycles. The van der Waals surface area contributed by atoms with E-state index in [1.165, 1.54) is 13.0 Å². The molecule has 1 amide bonds. The van der Waals surface area contributed by atoms with Crippen molar-refractivity contribution in [2.24, 2.45) is 5.84 Å². The van der Waals surface area contributed by atoms with E-state index >= 15 is 0 Å². The molecule has 1 aromatic heterocycles. The summed E-state index contributed by atoms with van der Waals surface area (Å²) in [5, 5.41) is 0. The van der Waals surface area contributed by atoms with Crippen molar-refractivity contribution in [3.05, 3.63) is 23.2 Å². The van der Waals surface area contributed by atoms with Crippen molar-refractivity contribution in [2.45, 2.75) is 32.7 Å². The minimum atomic E-state index is -4.43. The van der Waals surface area contributed by atoms with Crippen LogP contribution in [0.3, 0.4) is 0 Å². The number of furan rings is 1. The highest BCUT2D eigenvalue weighted by atomic mass is 19.4. The molecule has 0 saturated heterocycles. The van der Waals surface area contributed by atoms with E-state index in [4.69, 9.17) is 10.3 Å². The topological polar surface area (TPSA) is 77.5 Å². The van der Waals surface area contributed by atoms with Gasteiger partial charge in [0.25, 0.3) is 5.91 Å². The highest BCUT2D eigenvalue weighted by molar-refractivity contribution is 5.94. The second kappa shape index (κ2) is 5.40. The molecule has 0 aliphatic carbocycles. The summed E-state index contributed by atoms with van der Waals surface area (Å²) in [7, 11) is 0. The Hall–Kier alpha value is -1.54. The zero-order valence-corrected chi connectivity index (χ0v) is 9.80. The van der Waals surface area contributed by atoms with Crippen LogP contribution in [-0.2, 0) is 11.3 Å². The van der Waals surface area contributed by atoms with Gasteiger partial charge in [-0.05, 0) is 19.9 Å². The third kappa shape index (κ3) is 3.47. The molecule has 0 aromatic carbocycles. The molecule has 102 valence electrons. The van der Waals surface area contributed by atoms with Gasteiger partial charge in [-0.1, -0.05) is 0 Å². The zero-order valence-electron chi connectivity index (χ0n) is 9.80. The van der Waals surface area contributed by atoms with E-state index in [0.717, 1.165) is 6.92 Å². The molecule has 1 atom stereocenters. The summed E-state index contributed by atoms with van der Waals surface area (Å²) in [6.45, 7) is 2.02. The molecular weight excluding hydrogens is 253 g/mol. The lowest BCUT2D eigenvalue weighted by Gasteiger charge is -2.15. The predicted molar refractivity (Wildman–Crippen MR) is 55.4 cm³/mol.